The van der Waals surface area contributed by atoms with Gasteiger partial charge >= 0.3 is 0 Å². The van der Waals surface area contributed by atoms with E-state index in [0.717, 1.165) is 6.42 Å². The van der Waals surface area contributed by atoms with Gasteiger partial charge in [-0.2, -0.15) is 11.3 Å². The Morgan fingerprint density at radius 1 is 1.31 bits per heavy atom. The number of thiophene rings is 1. The summed E-state index contributed by atoms with van der Waals surface area (Å²) in [6.45, 7) is 2.29. The third kappa shape index (κ3) is 2.71. The fourth-order valence-corrected chi connectivity index (χ4v) is 2.59. The van der Waals surface area contributed by atoms with Crippen LogP contribution in [-0.2, 0) is 6.42 Å². The number of aryl methyl sites for hydroxylation is 1. The predicted molar refractivity (Wildman–Crippen MR) is 69.0 cm³/mol. The van der Waals surface area contributed by atoms with E-state index in [1.807, 2.05) is 0 Å². The second-order valence-corrected chi connectivity index (χ2v) is 4.91. The van der Waals surface area contributed by atoms with Gasteiger partial charge in [-0.05, 0) is 41.3 Å². The molecule has 2 rings (SSSR count). The van der Waals surface area contributed by atoms with Crippen LogP contribution in [0.2, 0.25) is 0 Å². The van der Waals surface area contributed by atoms with Crippen LogP contribution in [0, 0.1) is 6.92 Å². The van der Waals surface area contributed by atoms with Crippen molar-refractivity contribution >= 4 is 11.3 Å². The van der Waals surface area contributed by atoms with Crippen molar-refractivity contribution < 1.29 is 5.11 Å². The maximum Gasteiger partial charge on any atom is 0.0502 e. The summed E-state index contributed by atoms with van der Waals surface area (Å²) in [5.41, 5.74) is 3.79. The number of rotatable bonds is 4. The molecule has 1 unspecified atom stereocenters. The minimum atomic E-state index is 0.208. The van der Waals surface area contributed by atoms with E-state index in [-0.39, 0.29) is 12.5 Å². The lowest BCUT2D eigenvalue weighted by Crippen LogP contribution is -2.07. The molecular weight excluding hydrogens is 216 g/mol. The molecule has 0 fully saturated rings. The van der Waals surface area contributed by atoms with E-state index < -0.39 is 0 Å². The first-order chi connectivity index (χ1) is 7.79. The molecule has 0 amide bonds. The highest BCUT2D eigenvalue weighted by Gasteiger charge is 2.11. The summed E-state index contributed by atoms with van der Waals surface area (Å²) < 4.78 is 0. The number of benzene rings is 1. The standard InChI is InChI=1S/C14H16OS/c1-11-3-2-4-13(7-11)14(9-15)8-12-5-6-16-10-12/h2-7,10,14-15H,8-9H2,1H3. The predicted octanol–water partition coefficient (Wildman–Crippen LogP) is 3.38. The molecule has 0 aliphatic carbocycles. The lowest BCUT2D eigenvalue weighted by atomic mass is 9.93. The van der Waals surface area contributed by atoms with Gasteiger partial charge < -0.3 is 5.11 Å². The first-order valence-corrected chi connectivity index (χ1v) is 6.42. The van der Waals surface area contributed by atoms with E-state index in [2.05, 4.69) is 48.0 Å². The summed E-state index contributed by atoms with van der Waals surface area (Å²) in [5, 5.41) is 13.7. The highest BCUT2D eigenvalue weighted by atomic mass is 32.1. The number of hydrogen-bond acceptors (Lipinski definition) is 2. The van der Waals surface area contributed by atoms with Crippen LogP contribution < -0.4 is 0 Å². The lowest BCUT2D eigenvalue weighted by molar-refractivity contribution is 0.264. The van der Waals surface area contributed by atoms with E-state index in [1.165, 1.54) is 16.7 Å². The molecule has 1 aromatic carbocycles. The SMILES string of the molecule is Cc1cccc(C(CO)Cc2ccsc2)c1. The number of aliphatic hydroxyl groups excluding tert-OH is 1. The Morgan fingerprint density at radius 3 is 2.81 bits per heavy atom. The summed E-state index contributed by atoms with van der Waals surface area (Å²) in [7, 11) is 0. The van der Waals surface area contributed by atoms with E-state index in [4.69, 9.17) is 0 Å². The van der Waals surface area contributed by atoms with Crippen molar-refractivity contribution in [3.8, 4) is 0 Å². The van der Waals surface area contributed by atoms with Gasteiger partial charge in [0.15, 0.2) is 0 Å². The third-order valence-corrected chi connectivity index (χ3v) is 3.53. The molecule has 16 heavy (non-hydrogen) atoms. The average molecular weight is 232 g/mol. The molecule has 2 heteroatoms. The maximum atomic E-state index is 9.47. The van der Waals surface area contributed by atoms with E-state index in [9.17, 15) is 5.11 Å². The molecule has 0 aliphatic rings. The quantitative estimate of drug-likeness (QED) is 0.857. The second-order valence-electron chi connectivity index (χ2n) is 4.13. The third-order valence-electron chi connectivity index (χ3n) is 2.80. The van der Waals surface area contributed by atoms with E-state index >= 15 is 0 Å². The molecule has 1 heterocycles. The van der Waals surface area contributed by atoms with Crippen LogP contribution in [0.5, 0.6) is 0 Å². The van der Waals surface area contributed by atoms with Gasteiger partial charge in [-0.1, -0.05) is 29.8 Å². The smallest absolute Gasteiger partial charge is 0.0502 e. The van der Waals surface area contributed by atoms with Gasteiger partial charge in [-0.15, -0.1) is 0 Å². The molecule has 1 nitrogen and oxygen atoms in total. The highest BCUT2D eigenvalue weighted by Crippen LogP contribution is 2.22. The van der Waals surface area contributed by atoms with Crippen molar-refractivity contribution in [1.82, 2.24) is 0 Å². The normalized spacial score (nSPS) is 12.6. The molecule has 1 aromatic heterocycles. The summed E-state index contributed by atoms with van der Waals surface area (Å²) in [4.78, 5) is 0. The van der Waals surface area contributed by atoms with Gasteiger partial charge in [0.1, 0.15) is 0 Å². The van der Waals surface area contributed by atoms with Crippen molar-refractivity contribution in [2.45, 2.75) is 19.3 Å². The van der Waals surface area contributed by atoms with E-state index in [0.29, 0.717) is 0 Å². The summed E-state index contributed by atoms with van der Waals surface area (Å²) >= 11 is 1.71. The molecule has 0 spiro atoms. The summed E-state index contributed by atoms with van der Waals surface area (Å²) in [6.07, 6.45) is 0.920. The van der Waals surface area contributed by atoms with Crippen molar-refractivity contribution in [2.75, 3.05) is 6.61 Å². The van der Waals surface area contributed by atoms with Crippen LogP contribution in [0.1, 0.15) is 22.6 Å². The first kappa shape index (κ1) is 11.4. The van der Waals surface area contributed by atoms with Crippen molar-refractivity contribution in [2.24, 2.45) is 0 Å². The molecule has 0 saturated carbocycles. The Hall–Kier alpha value is -1.12. The molecule has 0 radical (unpaired) electrons. The van der Waals surface area contributed by atoms with Gasteiger partial charge in [0.05, 0.1) is 6.61 Å². The average Bonchev–Trinajstić information content (AvgIpc) is 2.78. The van der Waals surface area contributed by atoms with Crippen LogP contribution in [0.25, 0.3) is 0 Å². The zero-order valence-electron chi connectivity index (χ0n) is 9.39. The number of hydrogen-bond donors (Lipinski definition) is 1. The highest BCUT2D eigenvalue weighted by molar-refractivity contribution is 7.07. The molecule has 0 aliphatic heterocycles. The maximum absolute atomic E-state index is 9.47. The zero-order valence-corrected chi connectivity index (χ0v) is 10.2. The Kier molecular flexibility index (Phi) is 3.75. The zero-order chi connectivity index (χ0) is 11.4. The fourth-order valence-electron chi connectivity index (χ4n) is 1.91. The molecule has 1 atom stereocenters. The van der Waals surface area contributed by atoms with Gasteiger partial charge in [0.25, 0.3) is 0 Å². The Bertz CT molecular complexity index is 434. The molecule has 0 saturated heterocycles. The van der Waals surface area contributed by atoms with Crippen LogP contribution in [0.3, 0.4) is 0 Å². The molecule has 0 bridgehead atoms. The van der Waals surface area contributed by atoms with Gasteiger partial charge in [-0.25, -0.2) is 0 Å². The fraction of sp³-hybridized carbons (Fsp3) is 0.286. The molecule has 1 N–H and O–H groups in total. The topological polar surface area (TPSA) is 20.2 Å². The Labute approximate surface area is 100 Å². The first-order valence-electron chi connectivity index (χ1n) is 5.48. The van der Waals surface area contributed by atoms with Crippen LogP contribution in [-0.4, -0.2) is 11.7 Å². The Balaban J connectivity index is 2.16. The van der Waals surface area contributed by atoms with Crippen molar-refractivity contribution in [3.05, 3.63) is 57.8 Å². The Morgan fingerprint density at radius 2 is 2.19 bits per heavy atom. The van der Waals surface area contributed by atoms with Gasteiger partial charge in [0.2, 0.25) is 0 Å². The minimum absolute atomic E-state index is 0.208. The second kappa shape index (κ2) is 5.28. The lowest BCUT2D eigenvalue weighted by Gasteiger charge is -2.14. The monoisotopic (exact) mass is 232 g/mol. The molecular formula is C14H16OS. The summed E-state index contributed by atoms with van der Waals surface area (Å²) in [6, 6.07) is 10.5. The van der Waals surface area contributed by atoms with E-state index in [1.54, 1.807) is 11.3 Å². The van der Waals surface area contributed by atoms with Crippen LogP contribution in [0.4, 0.5) is 0 Å². The minimum Gasteiger partial charge on any atom is -0.396 e. The summed E-state index contributed by atoms with van der Waals surface area (Å²) in [5.74, 6) is 0.217. The van der Waals surface area contributed by atoms with Crippen LogP contribution >= 0.6 is 11.3 Å². The molecule has 84 valence electrons. The molecule has 2 aromatic rings. The number of aliphatic hydroxyl groups is 1. The van der Waals surface area contributed by atoms with Crippen molar-refractivity contribution in [3.63, 3.8) is 0 Å². The van der Waals surface area contributed by atoms with Gasteiger partial charge in [-0.3, -0.25) is 0 Å². The van der Waals surface area contributed by atoms with Gasteiger partial charge in [0, 0.05) is 5.92 Å². The van der Waals surface area contributed by atoms with Crippen LogP contribution in [0.15, 0.2) is 41.1 Å². The largest absolute Gasteiger partial charge is 0.396 e. The van der Waals surface area contributed by atoms with Crippen molar-refractivity contribution in [1.29, 1.82) is 0 Å².